The van der Waals surface area contributed by atoms with Gasteiger partial charge in [0.2, 0.25) is 0 Å². The fourth-order valence-corrected chi connectivity index (χ4v) is 6.38. The van der Waals surface area contributed by atoms with Crippen LogP contribution in [0.4, 0.5) is 0 Å². The maximum Gasteiger partial charge on any atom is 0.00697 e. The summed E-state index contributed by atoms with van der Waals surface area (Å²) in [7, 11) is 0. The Morgan fingerprint density at radius 3 is 1.83 bits per heavy atom. The number of unbranched alkanes of at least 4 members (excludes halogenated alkanes) is 1. The molecule has 0 spiro atoms. The zero-order chi connectivity index (χ0) is 27.5. The number of hydrogen-bond acceptors (Lipinski definition) is 2. The van der Waals surface area contributed by atoms with E-state index in [9.17, 15) is 0 Å². The van der Waals surface area contributed by atoms with E-state index in [0.717, 1.165) is 60.3 Å². The minimum atomic E-state index is 0.668. The Morgan fingerprint density at radius 1 is 0.583 bits per heavy atom. The molecule has 0 heterocycles. The molecule has 7 unspecified atom stereocenters. The van der Waals surface area contributed by atoms with Crippen molar-refractivity contribution in [3.63, 3.8) is 0 Å². The number of rotatable bonds is 24. The molecule has 0 amide bonds. The lowest BCUT2D eigenvalue weighted by molar-refractivity contribution is 0.188. The highest BCUT2D eigenvalue weighted by Crippen LogP contribution is 2.35. The average molecular weight is 509 g/mol. The van der Waals surface area contributed by atoms with Gasteiger partial charge in [0.15, 0.2) is 0 Å². The van der Waals surface area contributed by atoms with Gasteiger partial charge in [-0.05, 0) is 105 Å². The highest BCUT2D eigenvalue weighted by atomic mass is 14.9. The Balaban J connectivity index is 4.65. The largest absolute Gasteiger partial charge is 0.330 e. The van der Waals surface area contributed by atoms with Crippen LogP contribution < -0.4 is 11.1 Å². The molecule has 0 rings (SSSR count). The molecule has 0 saturated carbocycles. The third kappa shape index (κ3) is 17.4. The molecular weight excluding hydrogens is 436 g/mol. The summed E-state index contributed by atoms with van der Waals surface area (Å²) in [5, 5.41) is 3.88. The Kier molecular flexibility index (Phi) is 21.8. The molecule has 36 heavy (non-hydrogen) atoms. The predicted molar refractivity (Wildman–Crippen MR) is 166 cm³/mol. The summed E-state index contributed by atoms with van der Waals surface area (Å²) >= 11 is 0. The van der Waals surface area contributed by atoms with Crippen molar-refractivity contribution in [3.05, 3.63) is 0 Å². The van der Waals surface area contributed by atoms with Crippen LogP contribution in [-0.2, 0) is 0 Å². The fraction of sp³-hybridized carbons (Fsp3) is 1.00. The second kappa shape index (κ2) is 21.8. The van der Waals surface area contributed by atoms with E-state index in [2.05, 4.69) is 74.6 Å². The Labute approximate surface area is 230 Å². The molecule has 0 bridgehead atoms. The van der Waals surface area contributed by atoms with Gasteiger partial charge in [0, 0.05) is 6.04 Å². The van der Waals surface area contributed by atoms with Crippen LogP contribution in [0.15, 0.2) is 0 Å². The lowest BCUT2D eigenvalue weighted by Crippen LogP contribution is -2.32. The number of hydrogen-bond donors (Lipinski definition) is 2. The van der Waals surface area contributed by atoms with Crippen LogP contribution in [-0.4, -0.2) is 19.1 Å². The summed E-state index contributed by atoms with van der Waals surface area (Å²) in [6.45, 7) is 26.4. The first-order chi connectivity index (χ1) is 17.0. The molecule has 0 radical (unpaired) electrons. The van der Waals surface area contributed by atoms with E-state index >= 15 is 0 Å². The van der Waals surface area contributed by atoms with Gasteiger partial charge in [0.1, 0.15) is 0 Å². The van der Waals surface area contributed by atoms with Crippen LogP contribution >= 0.6 is 0 Å². The fourth-order valence-electron chi connectivity index (χ4n) is 6.38. The van der Waals surface area contributed by atoms with Crippen LogP contribution in [0.25, 0.3) is 0 Å². The Bertz CT molecular complexity index is 476. The van der Waals surface area contributed by atoms with Crippen molar-refractivity contribution in [1.29, 1.82) is 0 Å². The Morgan fingerprint density at radius 2 is 1.25 bits per heavy atom. The maximum absolute atomic E-state index is 5.83. The van der Waals surface area contributed by atoms with Crippen LogP contribution in [0.3, 0.4) is 0 Å². The van der Waals surface area contributed by atoms with Crippen molar-refractivity contribution in [1.82, 2.24) is 5.32 Å². The molecule has 0 aliphatic heterocycles. The first-order valence-electron chi connectivity index (χ1n) is 16.5. The minimum Gasteiger partial charge on any atom is -0.330 e. The predicted octanol–water partition coefficient (Wildman–Crippen LogP) is 10.1. The van der Waals surface area contributed by atoms with Crippen LogP contribution in [0.5, 0.6) is 0 Å². The summed E-state index contributed by atoms with van der Waals surface area (Å²) in [5.74, 6) is 6.70. The summed E-state index contributed by atoms with van der Waals surface area (Å²) in [6.07, 6.45) is 17.5. The third-order valence-corrected chi connectivity index (χ3v) is 9.57. The third-order valence-electron chi connectivity index (χ3n) is 9.57. The quantitative estimate of drug-likeness (QED) is 0.127. The first kappa shape index (κ1) is 35.9. The Hall–Kier alpha value is -0.0800. The highest BCUT2D eigenvalue weighted by Gasteiger charge is 2.25. The molecule has 2 heteroatoms. The van der Waals surface area contributed by atoms with Crippen molar-refractivity contribution < 1.29 is 0 Å². The van der Waals surface area contributed by atoms with E-state index < -0.39 is 0 Å². The van der Waals surface area contributed by atoms with Gasteiger partial charge < -0.3 is 11.1 Å². The molecular formula is C34H72N2. The smallest absolute Gasteiger partial charge is 0.00697 e. The van der Waals surface area contributed by atoms with Gasteiger partial charge >= 0.3 is 0 Å². The van der Waals surface area contributed by atoms with Crippen LogP contribution in [0, 0.1) is 47.3 Å². The topological polar surface area (TPSA) is 38.0 Å². The van der Waals surface area contributed by atoms with Crippen molar-refractivity contribution in [2.24, 2.45) is 53.1 Å². The molecule has 0 aliphatic rings. The van der Waals surface area contributed by atoms with Crippen LogP contribution in [0.2, 0.25) is 0 Å². The zero-order valence-corrected chi connectivity index (χ0v) is 26.9. The lowest BCUT2D eigenvalue weighted by Gasteiger charge is -2.32. The molecule has 8 atom stereocenters. The summed E-state index contributed by atoms with van der Waals surface area (Å²) in [4.78, 5) is 0. The monoisotopic (exact) mass is 509 g/mol. The van der Waals surface area contributed by atoms with E-state index in [1.807, 2.05) is 0 Å². The SMILES string of the molecule is CCCCNC(CCC(C)CC(C)C(C)CCC(C(C)CC)C(C)CCCC(C)C)C[C@@H](C)CCN. The molecule has 0 aromatic carbocycles. The van der Waals surface area contributed by atoms with Gasteiger partial charge in [-0.2, -0.15) is 0 Å². The molecule has 2 nitrogen and oxygen atoms in total. The molecule has 0 aromatic rings. The molecule has 218 valence electrons. The molecule has 3 N–H and O–H groups in total. The molecule has 0 aromatic heterocycles. The van der Waals surface area contributed by atoms with E-state index in [1.54, 1.807) is 0 Å². The standard InChI is InChI=1S/C34H72N2/c1-11-13-23-36-33(25-28(6)21-22-35)19-17-27(5)24-32(10)30(8)18-20-34(29(7)12-2)31(9)16-14-15-26(3)4/h26-34,36H,11-25,35H2,1-10H3/t27?,28-,29?,30?,31?,32?,33?,34?/m0/s1. The lowest BCUT2D eigenvalue weighted by atomic mass is 9.74. The first-order valence-corrected chi connectivity index (χ1v) is 16.5. The number of nitrogens with two attached hydrogens (primary N) is 1. The summed E-state index contributed by atoms with van der Waals surface area (Å²) in [6, 6.07) is 0.668. The van der Waals surface area contributed by atoms with Crippen molar-refractivity contribution in [2.75, 3.05) is 13.1 Å². The summed E-state index contributed by atoms with van der Waals surface area (Å²) in [5.41, 5.74) is 5.83. The minimum absolute atomic E-state index is 0.668. The van der Waals surface area contributed by atoms with Gasteiger partial charge in [-0.25, -0.2) is 0 Å². The second-order valence-corrected chi connectivity index (χ2v) is 13.7. The number of nitrogens with one attached hydrogen (secondary N) is 1. The maximum atomic E-state index is 5.83. The van der Waals surface area contributed by atoms with Gasteiger partial charge in [0.05, 0.1) is 0 Å². The van der Waals surface area contributed by atoms with Crippen molar-refractivity contribution >= 4 is 0 Å². The van der Waals surface area contributed by atoms with E-state index in [-0.39, 0.29) is 0 Å². The van der Waals surface area contributed by atoms with Crippen LogP contribution in [0.1, 0.15) is 153 Å². The normalized spacial score (nSPS) is 19.0. The zero-order valence-electron chi connectivity index (χ0n) is 26.9. The van der Waals surface area contributed by atoms with E-state index in [0.29, 0.717) is 6.04 Å². The van der Waals surface area contributed by atoms with Gasteiger partial charge in [-0.15, -0.1) is 0 Å². The highest BCUT2D eigenvalue weighted by molar-refractivity contribution is 4.76. The van der Waals surface area contributed by atoms with E-state index in [1.165, 1.54) is 83.6 Å². The van der Waals surface area contributed by atoms with Crippen molar-refractivity contribution in [3.8, 4) is 0 Å². The molecule has 0 saturated heterocycles. The average Bonchev–Trinajstić information content (AvgIpc) is 2.82. The van der Waals surface area contributed by atoms with Gasteiger partial charge in [-0.3, -0.25) is 0 Å². The van der Waals surface area contributed by atoms with Gasteiger partial charge in [0.25, 0.3) is 0 Å². The van der Waals surface area contributed by atoms with E-state index in [4.69, 9.17) is 5.73 Å². The van der Waals surface area contributed by atoms with Crippen molar-refractivity contribution in [2.45, 2.75) is 159 Å². The molecule has 0 fully saturated rings. The van der Waals surface area contributed by atoms with Gasteiger partial charge in [-0.1, -0.05) is 108 Å². The second-order valence-electron chi connectivity index (χ2n) is 13.7. The molecule has 0 aliphatic carbocycles. The summed E-state index contributed by atoms with van der Waals surface area (Å²) < 4.78 is 0.